The van der Waals surface area contributed by atoms with E-state index in [1.165, 1.54) is 56.2 Å². The topological polar surface area (TPSA) is 29.1 Å². The third-order valence-electron chi connectivity index (χ3n) is 7.19. The van der Waals surface area contributed by atoms with Gasteiger partial charge in [-0.25, -0.2) is 0 Å². The normalized spacial score (nSPS) is 15.3. The molecular weight excluding hydrogens is 596 g/mol. The molecule has 1 aliphatic heterocycles. The van der Waals surface area contributed by atoms with Gasteiger partial charge in [0.1, 0.15) is 15.9 Å². The van der Waals surface area contributed by atoms with Gasteiger partial charge in [-0.2, -0.15) is 17.7 Å². The molecule has 0 saturated heterocycles. The van der Waals surface area contributed by atoms with Gasteiger partial charge in [0.05, 0.1) is 26.9 Å². The maximum atomic E-state index is 13.4. The van der Waals surface area contributed by atoms with Crippen LogP contribution in [0.4, 0.5) is 18.9 Å². The van der Waals surface area contributed by atoms with Crippen molar-refractivity contribution in [3.8, 4) is 0 Å². The van der Waals surface area contributed by atoms with Gasteiger partial charge in [-0.1, -0.05) is 54.8 Å². The third kappa shape index (κ3) is 5.20. The van der Waals surface area contributed by atoms with Crippen LogP contribution in [0.5, 0.6) is 0 Å². The molecule has 0 radical (unpaired) electrons. The lowest BCUT2D eigenvalue weighted by Gasteiger charge is -2.18. The maximum Gasteiger partial charge on any atom is 0.416 e. The zero-order valence-corrected chi connectivity index (χ0v) is 25.1. The molecule has 0 bridgehead atoms. The van der Waals surface area contributed by atoms with E-state index >= 15 is 0 Å². The van der Waals surface area contributed by atoms with Crippen LogP contribution in [-0.4, -0.2) is 11.1 Å². The second-order valence-electron chi connectivity index (χ2n) is 9.52. The van der Waals surface area contributed by atoms with Crippen molar-refractivity contribution in [1.82, 2.24) is 4.57 Å². The predicted octanol–water partition coefficient (Wildman–Crippen LogP) is 7.34. The van der Waals surface area contributed by atoms with E-state index in [4.69, 9.17) is 0 Å². The highest BCUT2D eigenvalue weighted by atomic mass is 32.2. The van der Waals surface area contributed by atoms with E-state index in [1.807, 2.05) is 30.9 Å². The second-order valence-corrected chi connectivity index (χ2v) is 12.7. The summed E-state index contributed by atoms with van der Waals surface area (Å²) in [6.07, 6.45) is 1.34. The van der Waals surface area contributed by atoms with E-state index in [1.54, 1.807) is 22.0 Å². The number of rotatable bonds is 5. The van der Waals surface area contributed by atoms with Gasteiger partial charge in [0.25, 0.3) is 10.6 Å². The number of hydrogen-bond donors (Lipinski definition) is 0. The van der Waals surface area contributed by atoms with Crippen molar-refractivity contribution < 1.29 is 17.7 Å². The fourth-order valence-electron chi connectivity index (χ4n) is 5.20. The van der Waals surface area contributed by atoms with Gasteiger partial charge in [-0.05, 0) is 62.6 Å². The van der Waals surface area contributed by atoms with Crippen LogP contribution in [0, 0.1) is 0 Å². The van der Waals surface area contributed by atoms with Crippen LogP contribution in [0.3, 0.4) is 0 Å². The van der Waals surface area contributed by atoms with Crippen LogP contribution < -0.4 is 24.2 Å². The van der Waals surface area contributed by atoms with E-state index in [0.717, 1.165) is 32.2 Å². The van der Waals surface area contributed by atoms with Gasteiger partial charge >= 0.3 is 6.18 Å². The van der Waals surface area contributed by atoms with Crippen molar-refractivity contribution in [1.29, 1.82) is 0 Å². The molecule has 0 N–H and O–H groups in total. The number of aryl methyl sites for hydroxylation is 1. The number of fused-ring (bicyclic) bond motifs is 4. The summed E-state index contributed by atoms with van der Waals surface area (Å²) in [5, 5.41) is 4.29. The number of hydrogen-bond acceptors (Lipinski definition) is 5. The minimum absolute atomic E-state index is 0. The van der Waals surface area contributed by atoms with Gasteiger partial charge in [0.15, 0.2) is 0 Å². The Balaban J connectivity index is 0.00000353. The molecule has 0 spiro atoms. The summed E-state index contributed by atoms with van der Waals surface area (Å²) in [7, 11) is 0. The monoisotopic (exact) mass is 626 g/mol. The molecule has 6 rings (SSSR count). The lowest BCUT2D eigenvalue weighted by Crippen LogP contribution is -2.35. The Morgan fingerprint density at radius 3 is 2.45 bits per heavy atom. The SMILES string of the molecule is C.CCN1C(=CC=c2sc(=Cc3sc4c5ccccc5ccc4[n+]3CC)n(CC)c2=O)Sc2ccc(C(F)(F)F)cc21. The Kier molecular flexibility index (Phi) is 8.42. The van der Waals surface area contributed by atoms with Crippen LogP contribution in [0.25, 0.3) is 33.1 Å². The second kappa shape index (κ2) is 11.7. The lowest BCUT2D eigenvalue weighted by molar-refractivity contribution is -0.665. The van der Waals surface area contributed by atoms with Crippen molar-refractivity contribution in [3.05, 3.63) is 95.8 Å². The van der Waals surface area contributed by atoms with E-state index in [9.17, 15) is 18.0 Å². The molecule has 42 heavy (non-hydrogen) atoms. The van der Waals surface area contributed by atoms with E-state index < -0.39 is 11.7 Å². The van der Waals surface area contributed by atoms with Gasteiger partial charge in [0.2, 0.25) is 5.52 Å². The fourth-order valence-corrected chi connectivity index (χ4v) is 8.73. The summed E-state index contributed by atoms with van der Waals surface area (Å²) in [4.78, 5) is 16.0. The molecule has 1 aliphatic rings. The van der Waals surface area contributed by atoms with Crippen LogP contribution in [0.15, 0.2) is 75.4 Å². The Labute approximate surface area is 254 Å². The molecule has 4 nitrogen and oxygen atoms in total. The standard InChI is InChI=1S/C31H27F3N3OS3.CH4/c1-4-35-22-13-11-19-9-7-8-10-21(19)29(22)41-27(35)18-28-37(6-3)30(38)25(40-28)15-16-26-36(5-2)23-17-20(31(32,33)34)12-14-24(23)39-26;/h7-18H,4-6H2,1-3H3;1H4/q+1;. The zero-order chi connectivity index (χ0) is 28.9. The van der Waals surface area contributed by atoms with Crippen LogP contribution in [-0.2, 0) is 19.3 Å². The molecular formula is C32H31F3N3OS3+. The van der Waals surface area contributed by atoms with Gasteiger partial charge in [0, 0.05) is 29.4 Å². The van der Waals surface area contributed by atoms with Crippen molar-refractivity contribution >= 4 is 73.3 Å². The number of nitrogens with zero attached hydrogens (tertiary/aromatic N) is 3. The smallest absolute Gasteiger partial charge is 0.335 e. The van der Waals surface area contributed by atoms with E-state index in [0.29, 0.717) is 23.3 Å². The van der Waals surface area contributed by atoms with Crippen LogP contribution >= 0.6 is 34.4 Å². The minimum Gasteiger partial charge on any atom is -0.335 e. The molecule has 0 fully saturated rings. The molecule has 3 aromatic carbocycles. The molecule has 10 heteroatoms. The molecule has 0 atom stereocenters. The summed E-state index contributed by atoms with van der Waals surface area (Å²) in [5.41, 5.74) is 0.980. The Hall–Kier alpha value is -3.34. The number of thioether (sulfide) groups is 1. The number of alkyl halides is 3. The average molecular weight is 627 g/mol. The van der Waals surface area contributed by atoms with E-state index in [2.05, 4.69) is 47.9 Å². The van der Waals surface area contributed by atoms with Crippen molar-refractivity contribution in [2.24, 2.45) is 0 Å². The first-order valence-electron chi connectivity index (χ1n) is 13.4. The lowest BCUT2D eigenvalue weighted by atomic mass is 10.1. The first-order chi connectivity index (χ1) is 19.7. The Bertz CT molecular complexity index is 2020. The molecule has 0 aliphatic carbocycles. The molecule has 3 heterocycles. The summed E-state index contributed by atoms with van der Waals surface area (Å²) >= 11 is 4.57. The highest BCUT2D eigenvalue weighted by Crippen LogP contribution is 2.47. The highest BCUT2D eigenvalue weighted by molar-refractivity contribution is 8.03. The number of halogens is 3. The maximum absolute atomic E-state index is 13.4. The number of aromatic nitrogens is 2. The summed E-state index contributed by atoms with van der Waals surface area (Å²) in [6.45, 7) is 7.84. The Morgan fingerprint density at radius 2 is 1.74 bits per heavy atom. The largest absolute Gasteiger partial charge is 0.416 e. The molecule has 0 amide bonds. The third-order valence-corrected chi connectivity index (χ3v) is 10.6. The van der Waals surface area contributed by atoms with Crippen LogP contribution in [0.1, 0.15) is 38.8 Å². The molecule has 218 valence electrons. The quantitative estimate of drug-likeness (QED) is 0.191. The molecule has 5 aromatic rings. The summed E-state index contributed by atoms with van der Waals surface area (Å²) < 4.78 is 46.7. The number of anilines is 1. The van der Waals surface area contributed by atoms with Crippen molar-refractivity contribution in [2.75, 3.05) is 11.4 Å². The number of allylic oxidation sites excluding steroid dienone is 1. The van der Waals surface area contributed by atoms with Gasteiger partial charge in [-0.3, -0.25) is 9.36 Å². The van der Waals surface area contributed by atoms with Gasteiger partial charge < -0.3 is 4.90 Å². The fraction of sp³-hybridized carbons (Fsp3) is 0.250. The Morgan fingerprint density at radius 1 is 0.952 bits per heavy atom. The summed E-state index contributed by atoms with van der Waals surface area (Å²) in [5.74, 6) is 0. The highest BCUT2D eigenvalue weighted by Gasteiger charge is 2.33. The van der Waals surface area contributed by atoms with Gasteiger partial charge in [-0.15, -0.1) is 11.3 Å². The number of thiazole rings is 2. The van der Waals surface area contributed by atoms with Crippen LogP contribution in [0.2, 0.25) is 0 Å². The predicted molar refractivity (Wildman–Crippen MR) is 172 cm³/mol. The molecule has 0 saturated carbocycles. The minimum atomic E-state index is -4.40. The van der Waals surface area contributed by atoms with Crippen molar-refractivity contribution in [3.63, 3.8) is 0 Å². The number of benzene rings is 3. The first-order valence-corrected chi connectivity index (χ1v) is 15.8. The molecule has 0 unspecified atom stereocenters. The average Bonchev–Trinajstić information content (AvgIpc) is 3.60. The summed E-state index contributed by atoms with van der Waals surface area (Å²) in [6, 6.07) is 16.5. The zero-order valence-electron chi connectivity index (χ0n) is 22.7. The van der Waals surface area contributed by atoms with Crippen molar-refractivity contribution in [2.45, 2.75) is 52.4 Å². The first kappa shape index (κ1) is 30.1. The van der Waals surface area contributed by atoms with E-state index in [-0.39, 0.29) is 13.0 Å². The molecule has 2 aromatic heterocycles.